The number of hydrogen-bond donors (Lipinski definition) is 1. The van der Waals surface area contributed by atoms with Crippen molar-refractivity contribution in [1.82, 2.24) is 14.2 Å². The van der Waals surface area contributed by atoms with Crippen molar-refractivity contribution in [1.29, 1.82) is 0 Å². The molecule has 0 fully saturated rings. The van der Waals surface area contributed by atoms with Gasteiger partial charge >= 0.3 is 5.97 Å². The molecule has 2 aromatic rings. The molecule has 0 saturated carbocycles. The van der Waals surface area contributed by atoms with Crippen LogP contribution in [-0.4, -0.2) is 49.4 Å². The first-order valence-electron chi connectivity index (χ1n) is 8.77. The molecule has 28 heavy (non-hydrogen) atoms. The molecule has 8 nitrogen and oxygen atoms in total. The maximum absolute atomic E-state index is 12.7. The Labute approximate surface area is 165 Å². The zero-order valence-electron chi connectivity index (χ0n) is 16.4. The van der Waals surface area contributed by atoms with Crippen LogP contribution in [-0.2, 0) is 33.1 Å². The number of likely N-dealkylation sites (N-methyl/N-ethyl adjacent to an activating group) is 1. The van der Waals surface area contributed by atoms with Crippen LogP contribution in [0.5, 0.6) is 0 Å². The summed E-state index contributed by atoms with van der Waals surface area (Å²) in [5, 5.41) is 2.70. The standard InChI is InChI=1S/C19H25N3O5S/c1-5-27-19(24)17-10-16(12-21(17)3)28(25,26)22(4)13-18(23)20-11-15-8-6-14(2)7-9-15/h6-10,12H,5,11,13H2,1-4H3,(H,20,23). The SMILES string of the molecule is CCOC(=O)c1cc(S(=O)(=O)N(C)CC(=O)NCc2ccc(C)cc2)cn1C. The number of nitrogens with zero attached hydrogens (tertiary/aromatic N) is 2. The molecule has 0 radical (unpaired) electrons. The van der Waals surface area contributed by atoms with Crippen LogP contribution >= 0.6 is 0 Å². The second kappa shape index (κ2) is 9.03. The second-order valence-corrected chi connectivity index (χ2v) is 8.46. The Morgan fingerprint density at radius 1 is 1.21 bits per heavy atom. The number of nitrogens with one attached hydrogen (secondary N) is 1. The van der Waals surface area contributed by atoms with Gasteiger partial charge in [0.15, 0.2) is 0 Å². The van der Waals surface area contributed by atoms with E-state index < -0.39 is 21.9 Å². The van der Waals surface area contributed by atoms with E-state index in [9.17, 15) is 18.0 Å². The van der Waals surface area contributed by atoms with Gasteiger partial charge in [0.05, 0.1) is 13.2 Å². The maximum Gasteiger partial charge on any atom is 0.354 e. The molecule has 0 unspecified atom stereocenters. The van der Waals surface area contributed by atoms with E-state index in [0.717, 1.165) is 15.4 Å². The number of aromatic nitrogens is 1. The lowest BCUT2D eigenvalue weighted by atomic mass is 10.1. The van der Waals surface area contributed by atoms with Crippen LogP contribution in [0.1, 0.15) is 28.5 Å². The molecule has 0 atom stereocenters. The fraction of sp³-hybridized carbons (Fsp3) is 0.368. The quantitative estimate of drug-likeness (QED) is 0.668. The van der Waals surface area contributed by atoms with Crippen molar-refractivity contribution in [3.8, 4) is 0 Å². The Kier molecular flexibility index (Phi) is 6.98. The molecule has 0 spiro atoms. The molecule has 0 aliphatic heterocycles. The number of carbonyl (C=O) groups is 2. The monoisotopic (exact) mass is 407 g/mol. The molecule has 0 aliphatic carbocycles. The summed E-state index contributed by atoms with van der Waals surface area (Å²) in [5.74, 6) is -1.03. The van der Waals surface area contributed by atoms with E-state index in [1.807, 2.05) is 31.2 Å². The molecule has 2 rings (SSSR count). The summed E-state index contributed by atoms with van der Waals surface area (Å²) in [4.78, 5) is 23.9. The van der Waals surface area contributed by atoms with Crippen LogP contribution in [0.2, 0.25) is 0 Å². The number of hydrogen-bond acceptors (Lipinski definition) is 5. The number of amides is 1. The molecule has 1 N–H and O–H groups in total. The summed E-state index contributed by atoms with van der Waals surface area (Å²) in [6.45, 7) is 3.80. The van der Waals surface area contributed by atoms with Crippen molar-refractivity contribution in [2.45, 2.75) is 25.3 Å². The topological polar surface area (TPSA) is 97.7 Å². The predicted molar refractivity (Wildman–Crippen MR) is 104 cm³/mol. The van der Waals surface area contributed by atoms with Gasteiger partial charge in [0.1, 0.15) is 10.6 Å². The Bertz CT molecular complexity index is 948. The van der Waals surface area contributed by atoms with E-state index >= 15 is 0 Å². The summed E-state index contributed by atoms with van der Waals surface area (Å²) in [6, 6.07) is 8.92. The van der Waals surface area contributed by atoms with Gasteiger partial charge in [0.25, 0.3) is 0 Å². The third-order valence-electron chi connectivity index (χ3n) is 4.15. The minimum atomic E-state index is -3.93. The van der Waals surface area contributed by atoms with E-state index in [-0.39, 0.29) is 23.7 Å². The molecule has 1 aromatic carbocycles. The second-order valence-electron chi connectivity index (χ2n) is 6.42. The van der Waals surface area contributed by atoms with Crippen LogP contribution in [0.15, 0.2) is 41.4 Å². The van der Waals surface area contributed by atoms with Gasteiger partial charge in [0, 0.05) is 26.8 Å². The van der Waals surface area contributed by atoms with Crippen molar-refractivity contribution in [3.05, 3.63) is 53.3 Å². The lowest BCUT2D eigenvalue weighted by Crippen LogP contribution is -2.38. The molecule has 1 amide bonds. The fourth-order valence-corrected chi connectivity index (χ4v) is 3.71. The third kappa shape index (κ3) is 5.20. The fourth-order valence-electron chi connectivity index (χ4n) is 2.51. The van der Waals surface area contributed by atoms with Gasteiger partial charge in [-0.15, -0.1) is 0 Å². The normalized spacial score (nSPS) is 11.5. The Hall–Kier alpha value is -2.65. The van der Waals surface area contributed by atoms with Crippen molar-refractivity contribution >= 4 is 21.9 Å². The van der Waals surface area contributed by atoms with E-state index in [1.165, 1.54) is 23.9 Å². The number of esters is 1. The number of ether oxygens (including phenoxy) is 1. The largest absolute Gasteiger partial charge is 0.461 e. The van der Waals surface area contributed by atoms with Crippen LogP contribution in [0.25, 0.3) is 0 Å². The maximum atomic E-state index is 12.7. The number of sulfonamides is 1. The van der Waals surface area contributed by atoms with Gasteiger partial charge in [-0.2, -0.15) is 4.31 Å². The molecule has 1 heterocycles. The van der Waals surface area contributed by atoms with E-state index in [0.29, 0.717) is 6.54 Å². The van der Waals surface area contributed by atoms with E-state index in [2.05, 4.69) is 5.32 Å². The Morgan fingerprint density at radius 2 is 1.86 bits per heavy atom. The Balaban J connectivity index is 2.03. The molecule has 152 valence electrons. The van der Waals surface area contributed by atoms with Crippen LogP contribution in [0.3, 0.4) is 0 Å². The highest BCUT2D eigenvalue weighted by Gasteiger charge is 2.26. The van der Waals surface area contributed by atoms with Crippen molar-refractivity contribution in [2.24, 2.45) is 7.05 Å². The first-order valence-corrected chi connectivity index (χ1v) is 10.2. The first kappa shape index (κ1) is 21.6. The zero-order valence-corrected chi connectivity index (χ0v) is 17.2. The lowest BCUT2D eigenvalue weighted by Gasteiger charge is -2.16. The van der Waals surface area contributed by atoms with Crippen LogP contribution < -0.4 is 5.32 Å². The average Bonchev–Trinajstić information content (AvgIpc) is 3.04. The number of rotatable bonds is 8. The zero-order chi connectivity index (χ0) is 20.9. The highest BCUT2D eigenvalue weighted by molar-refractivity contribution is 7.89. The smallest absolute Gasteiger partial charge is 0.354 e. The van der Waals surface area contributed by atoms with Crippen molar-refractivity contribution < 1.29 is 22.7 Å². The summed E-state index contributed by atoms with van der Waals surface area (Å²) >= 11 is 0. The van der Waals surface area contributed by atoms with Gasteiger partial charge in [-0.25, -0.2) is 13.2 Å². The molecule has 9 heteroatoms. The molecule has 0 saturated heterocycles. The summed E-state index contributed by atoms with van der Waals surface area (Å²) in [6.07, 6.45) is 1.32. The third-order valence-corrected chi connectivity index (χ3v) is 5.92. The lowest BCUT2D eigenvalue weighted by molar-refractivity contribution is -0.121. The Morgan fingerprint density at radius 3 is 2.46 bits per heavy atom. The average molecular weight is 407 g/mol. The highest BCUT2D eigenvalue weighted by atomic mass is 32.2. The number of aryl methyl sites for hydroxylation is 2. The predicted octanol–water partition coefficient (Wildman–Crippen LogP) is 1.45. The summed E-state index contributed by atoms with van der Waals surface area (Å²) in [7, 11) is -1.06. The van der Waals surface area contributed by atoms with Gasteiger partial charge < -0.3 is 14.6 Å². The summed E-state index contributed by atoms with van der Waals surface area (Å²) < 4.78 is 32.7. The van der Waals surface area contributed by atoms with Gasteiger partial charge in [-0.05, 0) is 25.5 Å². The van der Waals surface area contributed by atoms with Gasteiger partial charge in [-0.1, -0.05) is 29.8 Å². The van der Waals surface area contributed by atoms with E-state index in [4.69, 9.17) is 4.74 Å². The number of carbonyl (C=O) groups excluding carboxylic acids is 2. The van der Waals surface area contributed by atoms with Crippen molar-refractivity contribution in [3.63, 3.8) is 0 Å². The first-order chi connectivity index (χ1) is 13.1. The molecular formula is C19H25N3O5S. The highest BCUT2D eigenvalue weighted by Crippen LogP contribution is 2.18. The van der Waals surface area contributed by atoms with Crippen molar-refractivity contribution in [2.75, 3.05) is 20.2 Å². The minimum Gasteiger partial charge on any atom is -0.461 e. The van der Waals surface area contributed by atoms with Gasteiger partial charge in [-0.3, -0.25) is 4.79 Å². The van der Waals surface area contributed by atoms with Crippen LogP contribution in [0, 0.1) is 6.92 Å². The molecule has 0 bridgehead atoms. The van der Waals surface area contributed by atoms with E-state index in [1.54, 1.807) is 14.0 Å². The minimum absolute atomic E-state index is 0.0770. The molecular weight excluding hydrogens is 382 g/mol. The molecule has 1 aromatic heterocycles. The number of benzene rings is 1. The molecule has 0 aliphatic rings. The van der Waals surface area contributed by atoms with Crippen LogP contribution in [0.4, 0.5) is 0 Å². The summed E-state index contributed by atoms with van der Waals surface area (Å²) in [5.41, 5.74) is 2.16. The van der Waals surface area contributed by atoms with Gasteiger partial charge in [0.2, 0.25) is 15.9 Å².